The van der Waals surface area contributed by atoms with Crippen LogP contribution in [0.3, 0.4) is 0 Å². The van der Waals surface area contributed by atoms with Gasteiger partial charge < -0.3 is 19.5 Å². The molecule has 0 bridgehead atoms. The average molecular weight is 424 g/mol. The fourth-order valence-corrected chi connectivity index (χ4v) is 4.82. The molecule has 2 aliphatic heterocycles. The molecule has 0 radical (unpaired) electrons. The Hall–Kier alpha value is -2.37. The Morgan fingerprint density at radius 2 is 1.87 bits per heavy atom. The number of hydrogen-bond acceptors (Lipinski definition) is 4. The number of aliphatic hydroxyl groups excluding tert-OH is 1. The van der Waals surface area contributed by atoms with Crippen LogP contribution in [-0.4, -0.2) is 46.8 Å². The van der Waals surface area contributed by atoms with Crippen LogP contribution in [0.2, 0.25) is 0 Å². The van der Waals surface area contributed by atoms with E-state index in [-0.39, 0.29) is 29.8 Å². The number of nitrogens with zero attached hydrogens (tertiary/aromatic N) is 1. The van der Waals surface area contributed by atoms with Gasteiger partial charge in [0.15, 0.2) is 0 Å². The summed E-state index contributed by atoms with van der Waals surface area (Å²) >= 11 is 0. The van der Waals surface area contributed by atoms with Gasteiger partial charge in [-0.25, -0.2) is 0 Å². The number of amides is 1. The first-order valence-electron chi connectivity index (χ1n) is 11.3. The lowest BCUT2D eigenvalue weighted by atomic mass is 9.80. The van der Waals surface area contributed by atoms with Crippen LogP contribution in [0.1, 0.15) is 67.1 Å². The summed E-state index contributed by atoms with van der Waals surface area (Å²) in [6.45, 7) is 7.23. The molecular formula is C26H33NO4. The average Bonchev–Trinajstić information content (AvgIpc) is 2.75. The molecule has 0 saturated carbocycles. The van der Waals surface area contributed by atoms with Crippen LogP contribution in [-0.2, 0) is 4.74 Å². The highest BCUT2D eigenvalue weighted by Crippen LogP contribution is 2.43. The minimum Gasteiger partial charge on any atom is -0.491 e. The predicted molar refractivity (Wildman–Crippen MR) is 120 cm³/mol. The third-order valence-electron chi connectivity index (χ3n) is 6.40. The van der Waals surface area contributed by atoms with E-state index in [2.05, 4.69) is 12.1 Å². The summed E-state index contributed by atoms with van der Waals surface area (Å²) in [5.41, 5.74) is 2.41. The lowest BCUT2D eigenvalue weighted by Crippen LogP contribution is -2.52. The molecule has 5 nitrogen and oxygen atoms in total. The van der Waals surface area contributed by atoms with E-state index in [1.54, 1.807) is 0 Å². The zero-order valence-corrected chi connectivity index (χ0v) is 18.7. The number of aryl methyl sites for hydroxylation is 1. The molecule has 2 saturated heterocycles. The lowest BCUT2D eigenvalue weighted by Gasteiger charge is -2.48. The standard InChI is InChI=1S/C26H33NO4/c1-18(2)30-23-10-9-21(15-19(23)3)25(29)27-13-11-26(12-14-27)17-22(28)16-24(31-26)20-7-5-4-6-8-20/h4-10,15,18,22,24,28H,11-14,16-17H2,1-3H3/t22-,24+/m1/s1. The van der Waals surface area contributed by atoms with E-state index in [0.29, 0.717) is 31.5 Å². The number of ether oxygens (including phenoxy) is 2. The van der Waals surface area contributed by atoms with E-state index in [1.165, 1.54) is 0 Å². The molecule has 0 unspecified atom stereocenters. The van der Waals surface area contributed by atoms with E-state index in [0.717, 1.165) is 29.7 Å². The first-order valence-corrected chi connectivity index (χ1v) is 11.3. The number of aliphatic hydroxyl groups is 1. The van der Waals surface area contributed by atoms with Crippen molar-refractivity contribution in [2.75, 3.05) is 13.1 Å². The van der Waals surface area contributed by atoms with Crippen molar-refractivity contribution in [3.05, 3.63) is 65.2 Å². The Balaban J connectivity index is 1.42. The molecule has 0 aromatic heterocycles. The molecule has 0 aliphatic carbocycles. The largest absolute Gasteiger partial charge is 0.491 e. The molecule has 166 valence electrons. The van der Waals surface area contributed by atoms with E-state index in [9.17, 15) is 9.90 Å². The number of rotatable bonds is 4. The Morgan fingerprint density at radius 3 is 2.52 bits per heavy atom. The number of carbonyl (C=O) groups excluding carboxylic acids is 1. The van der Waals surface area contributed by atoms with Crippen LogP contribution in [0, 0.1) is 6.92 Å². The number of hydrogen-bond donors (Lipinski definition) is 1. The second kappa shape index (κ2) is 9.01. The minimum atomic E-state index is -0.377. The smallest absolute Gasteiger partial charge is 0.253 e. The number of benzene rings is 2. The number of piperidine rings is 1. The molecule has 2 aromatic carbocycles. The lowest BCUT2D eigenvalue weighted by molar-refractivity contribution is -0.181. The van der Waals surface area contributed by atoms with Crippen LogP contribution in [0.15, 0.2) is 48.5 Å². The molecule has 1 spiro atoms. The fourth-order valence-electron chi connectivity index (χ4n) is 4.82. The first kappa shape index (κ1) is 21.8. The highest BCUT2D eigenvalue weighted by Gasteiger charge is 2.44. The summed E-state index contributed by atoms with van der Waals surface area (Å²) in [6.07, 6.45) is 2.38. The summed E-state index contributed by atoms with van der Waals surface area (Å²) in [4.78, 5) is 15.0. The van der Waals surface area contributed by atoms with Crippen molar-refractivity contribution in [2.24, 2.45) is 0 Å². The molecule has 4 rings (SSSR count). The molecule has 1 N–H and O–H groups in total. The Labute approximate surface area is 185 Å². The molecule has 2 heterocycles. The van der Waals surface area contributed by atoms with Crippen LogP contribution in [0.5, 0.6) is 5.75 Å². The molecule has 2 fully saturated rings. The van der Waals surface area contributed by atoms with Crippen molar-refractivity contribution in [3.8, 4) is 5.75 Å². The monoisotopic (exact) mass is 423 g/mol. The Morgan fingerprint density at radius 1 is 1.16 bits per heavy atom. The zero-order chi connectivity index (χ0) is 22.0. The Kier molecular flexibility index (Phi) is 6.35. The van der Waals surface area contributed by atoms with E-state index in [4.69, 9.17) is 9.47 Å². The van der Waals surface area contributed by atoms with E-state index < -0.39 is 0 Å². The van der Waals surface area contributed by atoms with Crippen molar-refractivity contribution < 1.29 is 19.4 Å². The van der Waals surface area contributed by atoms with Gasteiger partial charge in [0, 0.05) is 31.5 Å². The van der Waals surface area contributed by atoms with Crippen molar-refractivity contribution in [3.63, 3.8) is 0 Å². The maximum absolute atomic E-state index is 13.1. The van der Waals surface area contributed by atoms with Gasteiger partial charge in [0.2, 0.25) is 0 Å². The third kappa shape index (κ3) is 4.94. The normalized spacial score (nSPS) is 23.2. The van der Waals surface area contributed by atoms with Crippen LogP contribution in [0.4, 0.5) is 0 Å². The van der Waals surface area contributed by atoms with E-state index >= 15 is 0 Å². The van der Waals surface area contributed by atoms with Gasteiger partial charge in [-0.1, -0.05) is 30.3 Å². The summed E-state index contributed by atoms with van der Waals surface area (Å²) in [5, 5.41) is 10.6. The Bertz CT molecular complexity index is 903. The van der Waals surface area contributed by atoms with Gasteiger partial charge in [-0.3, -0.25) is 4.79 Å². The molecule has 2 aliphatic rings. The second-order valence-electron chi connectivity index (χ2n) is 9.23. The fraction of sp³-hybridized carbons (Fsp3) is 0.500. The zero-order valence-electron chi connectivity index (χ0n) is 18.7. The van der Waals surface area contributed by atoms with Gasteiger partial charge in [-0.2, -0.15) is 0 Å². The highest BCUT2D eigenvalue weighted by atomic mass is 16.5. The third-order valence-corrected chi connectivity index (χ3v) is 6.40. The maximum Gasteiger partial charge on any atom is 0.253 e. The van der Waals surface area contributed by atoms with Crippen molar-refractivity contribution in [2.45, 2.75) is 70.4 Å². The molecular weight excluding hydrogens is 390 g/mol. The highest BCUT2D eigenvalue weighted by molar-refractivity contribution is 5.94. The summed E-state index contributed by atoms with van der Waals surface area (Å²) in [6, 6.07) is 15.8. The van der Waals surface area contributed by atoms with Crippen LogP contribution >= 0.6 is 0 Å². The van der Waals surface area contributed by atoms with Gasteiger partial charge in [0.1, 0.15) is 5.75 Å². The maximum atomic E-state index is 13.1. The molecule has 2 aromatic rings. The number of likely N-dealkylation sites (tertiary alicyclic amines) is 1. The molecule has 1 amide bonds. The van der Waals surface area contributed by atoms with Gasteiger partial charge in [-0.15, -0.1) is 0 Å². The van der Waals surface area contributed by atoms with Gasteiger partial charge in [-0.05, 0) is 62.9 Å². The quantitative estimate of drug-likeness (QED) is 0.776. The second-order valence-corrected chi connectivity index (χ2v) is 9.23. The summed E-state index contributed by atoms with van der Waals surface area (Å²) in [5.74, 6) is 0.866. The first-order chi connectivity index (χ1) is 14.8. The molecule has 2 atom stereocenters. The minimum absolute atomic E-state index is 0.0463. The van der Waals surface area contributed by atoms with Crippen LogP contribution in [0.25, 0.3) is 0 Å². The summed E-state index contributed by atoms with van der Waals surface area (Å²) < 4.78 is 12.4. The van der Waals surface area contributed by atoms with Crippen LogP contribution < -0.4 is 4.74 Å². The number of carbonyl (C=O) groups is 1. The predicted octanol–water partition coefficient (Wildman–Crippen LogP) is 4.67. The SMILES string of the molecule is Cc1cc(C(=O)N2CCC3(CC2)C[C@H](O)C[C@@H](c2ccccc2)O3)ccc1OC(C)C. The molecule has 31 heavy (non-hydrogen) atoms. The van der Waals surface area contributed by atoms with Gasteiger partial charge >= 0.3 is 0 Å². The van der Waals surface area contributed by atoms with Crippen molar-refractivity contribution in [1.29, 1.82) is 0 Å². The van der Waals surface area contributed by atoms with Gasteiger partial charge in [0.25, 0.3) is 5.91 Å². The topological polar surface area (TPSA) is 59.0 Å². The van der Waals surface area contributed by atoms with E-state index in [1.807, 2.05) is 62.1 Å². The van der Waals surface area contributed by atoms with Gasteiger partial charge in [0.05, 0.1) is 23.9 Å². The molecule has 5 heteroatoms. The summed E-state index contributed by atoms with van der Waals surface area (Å²) in [7, 11) is 0. The van der Waals surface area contributed by atoms with Crippen molar-refractivity contribution >= 4 is 5.91 Å². The van der Waals surface area contributed by atoms with Crippen molar-refractivity contribution in [1.82, 2.24) is 4.90 Å².